The van der Waals surface area contributed by atoms with E-state index in [0.717, 1.165) is 38.7 Å². The summed E-state index contributed by atoms with van der Waals surface area (Å²) in [6.07, 6.45) is 0. The maximum absolute atomic E-state index is 5.20. The first-order valence-electron chi connectivity index (χ1n) is 21.2. The fraction of sp³-hybridized carbons (Fsp3) is 0. The molecule has 0 N–H and O–H groups in total. The van der Waals surface area contributed by atoms with Gasteiger partial charge in [-0.2, -0.15) is 0 Å². The molecule has 0 saturated heterocycles. The van der Waals surface area contributed by atoms with Crippen LogP contribution in [0.5, 0.6) is 0 Å². The Kier molecular flexibility index (Phi) is 7.40. The van der Waals surface area contributed by atoms with E-state index in [-0.39, 0.29) is 0 Å². The first-order valence-corrected chi connectivity index (χ1v) is 22.8. The van der Waals surface area contributed by atoms with Crippen molar-refractivity contribution in [2.24, 2.45) is 0 Å². The Bertz CT molecular complexity index is 4040. The zero-order chi connectivity index (χ0) is 41.2. The van der Waals surface area contributed by atoms with E-state index in [1.165, 1.54) is 78.5 Å². The Hall–Kier alpha value is -7.77. The molecule has 14 aromatic rings. The molecule has 4 heterocycles. The van der Waals surface area contributed by atoms with Crippen LogP contribution in [0.1, 0.15) is 0 Å². The quantitative estimate of drug-likeness (QED) is 0.173. The van der Waals surface area contributed by atoms with Gasteiger partial charge in [-0.05, 0) is 87.3 Å². The molecule has 0 fully saturated rings. The Morgan fingerprint density at radius 3 is 1.54 bits per heavy atom. The summed E-state index contributed by atoms with van der Waals surface area (Å²) in [6, 6.07) is 70.2. The summed E-state index contributed by atoms with van der Waals surface area (Å²) < 4.78 is 7.56. The van der Waals surface area contributed by atoms with Crippen LogP contribution in [0.3, 0.4) is 0 Å². The Balaban J connectivity index is 0.918. The van der Waals surface area contributed by atoms with Crippen LogP contribution in [-0.4, -0.2) is 19.5 Å². The molecule has 0 aliphatic rings. The van der Waals surface area contributed by atoms with Gasteiger partial charge in [-0.3, -0.25) is 0 Å². The second kappa shape index (κ2) is 13.4. The molecule has 14 rings (SSSR count). The van der Waals surface area contributed by atoms with Crippen molar-refractivity contribution in [1.82, 2.24) is 19.5 Å². The lowest BCUT2D eigenvalue weighted by molar-refractivity contribution is 1.08. The number of hydrogen-bond acceptors (Lipinski definition) is 5. The minimum Gasteiger partial charge on any atom is -0.309 e. The molecule has 0 amide bonds. The van der Waals surface area contributed by atoms with Crippen LogP contribution < -0.4 is 0 Å². The zero-order valence-corrected chi connectivity index (χ0v) is 35.2. The van der Waals surface area contributed by atoms with E-state index < -0.39 is 0 Å². The number of fused-ring (bicyclic) bond motifs is 4. The van der Waals surface area contributed by atoms with Crippen molar-refractivity contribution < 1.29 is 0 Å². The largest absolute Gasteiger partial charge is 0.309 e. The maximum Gasteiger partial charge on any atom is 0.164 e. The number of rotatable bonds is 5. The van der Waals surface area contributed by atoms with Crippen LogP contribution in [0, 0.1) is 0 Å². The highest BCUT2D eigenvalue weighted by Crippen LogP contribution is 2.46. The Morgan fingerprint density at radius 1 is 0.302 bits per heavy atom. The fourth-order valence-corrected chi connectivity index (χ4v) is 12.1. The SMILES string of the molecule is c1ccc(-c2ccc(-c3nc(-c4ccc5cc(-n6c7ccc8cccc9sc%10cccc%11ccc6c(c%11%10)c7c89)ccc5c4)nc(-c4ccc5c(c4)sc4ccccc45)n3)cc2)cc1. The zero-order valence-electron chi connectivity index (χ0n) is 33.6. The number of thiophene rings is 1. The van der Waals surface area contributed by atoms with E-state index in [2.05, 4.69) is 193 Å². The van der Waals surface area contributed by atoms with Gasteiger partial charge in [0.1, 0.15) is 0 Å². The van der Waals surface area contributed by atoms with Crippen LogP contribution in [0.2, 0.25) is 0 Å². The lowest BCUT2D eigenvalue weighted by Crippen LogP contribution is -2.00. The van der Waals surface area contributed by atoms with E-state index >= 15 is 0 Å². The van der Waals surface area contributed by atoms with Crippen LogP contribution in [0.25, 0.3) is 135 Å². The summed E-state index contributed by atoms with van der Waals surface area (Å²) in [5.41, 5.74) is 8.76. The molecule has 0 unspecified atom stereocenters. The molecule has 6 heteroatoms. The minimum absolute atomic E-state index is 0.643. The van der Waals surface area contributed by atoms with E-state index in [0.29, 0.717) is 17.5 Å². The first-order chi connectivity index (χ1) is 31.2. The molecule has 4 nitrogen and oxygen atoms in total. The fourth-order valence-electron chi connectivity index (χ4n) is 9.83. The summed E-state index contributed by atoms with van der Waals surface area (Å²) in [7, 11) is 0. The highest BCUT2D eigenvalue weighted by Gasteiger charge is 2.21. The third kappa shape index (κ3) is 5.35. The topological polar surface area (TPSA) is 43.6 Å². The van der Waals surface area contributed by atoms with E-state index in [9.17, 15) is 0 Å². The van der Waals surface area contributed by atoms with Gasteiger partial charge in [0.2, 0.25) is 0 Å². The van der Waals surface area contributed by atoms with Crippen LogP contribution in [0.15, 0.2) is 194 Å². The summed E-state index contributed by atoms with van der Waals surface area (Å²) >= 11 is 3.69. The normalized spacial score (nSPS) is 12.1. The molecule has 0 saturated carbocycles. The third-order valence-electron chi connectivity index (χ3n) is 12.8. The van der Waals surface area contributed by atoms with Crippen LogP contribution in [0.4, 0.5) is 0 Å². The van der Waals surface area contributed by atoms with E-state index in [4.69, 9.17) is 15.0 Å². The van der Waals surface area contributed by atoms with Crippen molar-refractivity contribution in [2.45, 2.75) is 0 Å². The first kappa shape index (κ1) is 34.9. The van der Waals surface area contributed by atoms with Crippen molar-refractivity contribution in [3.8, 4) is 51.0 Å². The van der Waals surface area contributed by atoms with Crippen molar-refractivity contribution in [3.05, 3.63) is 194 Å². The van der Waals surface area contributed by atoms with Crippen LogP contribution >= 0.6 is 22.7 Å². The summed E-state index contributed by atoms with van der Waals surface area (Å²) in [5, 5.41) is 12.7. The monoisotopic (exact) mass is 836 g/mol. The second-order valence-corrected chi connectivity index (χ2v) is 18.5. The standard InChI is InChI=1S/C57H32N4S2/c1-2-8-33(9-3-1)34-16-18-37(19-17-34)55-58-56(60-57(59-55)41-23-27-44-43-12-4-5-13-47(43)62-50(44)32-41)40-21-20-39-31-42(26-22-38(39)30-40)61-45-28-24-35-10-6-14-48-51(35)53(45)54-46(61)29-25-36-11-7-15-49(63-48)52(36)54/h1-32H. The minimum atomic E-state index is 0.643. The second-order valence-electron chi connectivity index (χ2n) is 16.4. The molecule has 0 atom stereocenters. The molecule has 0 bridgehead atoms. The molecule has 4 aromatic heterocycles. The van der Waals surface area contributed by atoms with E-state index in [1.807, 2.05) is 17.4 Å². The molecular formula is C57H32N4S2. The molecule has 0 aliphatic carbocycles. The van der Waals surface area contributed by atoms with Gasteiger partial charge in [-0.1, -0.05) is 140 Å². The molecule has 0 spiro atoms. The van der Waals surface area contributed by atoms with Gasteiger partial charge in [-0.15, -0.1) is 22.7 Å². The van der Waals surface area contributed by atoms with Crippen LogP contribution in [-0.2, 0) is 0 Å². The smallest absolute Gasteiger partial charge is 0.164 e. The van der Waals surface area contributed by atoms with Crippen molar-refractivity contribution in [3.63, 3.8) is 0 Å². The van der Waals surface area contributed by atoms with Gasteiger partial charge in [0.25, 0.3) is 0 Å². The lowest BCUT2D eigenvalue weighted by atomic mass is 10.00. The van der Waals surface area contributed by atoms with Gasteiger partial charge < -0.3 is 4.57 Å². The Morgan fingerprint density at radius 2 is 0.810 bits per heavy atom. The van der Waals surface area contributed by atoms with Gasteiger partial charge in [0.15, 0.2) is 17.5 Å². The average Bonchev–Trinajstić information content (AvgIpc) is 3.84. The number of benzene rings is 10. The highest BCUT2D eigenvalue weighted by molar-refractivity contribution is 7.26. The molecule has 10 aromatic carbocycles. The number of hydrogen-bond donors (Lipinski definition) is 0. The molecule has 63 heavy (non-hydrogen) atoms. The van der Waals surface area contributed by atoms with Gasteiger partial charge in [0.05, 0.1) is 11.0 Å². The van der Waals surface area contributed by atoms with Gasteiger partial charge in [-0.25, -0.2) is 15.0 Å². The molecule has 292 valence electrons. The molecular weight excluding hydrogens is 805 g/mol. The molecule has 0 radical (unpaired) electrons. The average molecular weight is 837 g/mol. The maximum atomic E-state index is 5.20. The predicted octanol–water partition coefficient (Wildman–Crippen LogP) is 16.1. The van der Waals surface area contributed by atoms with Gasteiger partial charge >= 0.3 is 0 Å². The predicted molar refractivity (Wildman–Crippen MR) is 268 cm³/mol. The van der Waals surface area contributed by atoms with Crippen molar-refractivity contribution >= 4 is 106 Å². The number of aromatic nitrogens is 4. The Labute approximate surface area is 369 Å². The van der Waals surface area contributed by atoms with E-state index in [1.54, 1.807) is 11.3 Å². The molecule has 0 aliphatic heterocycles. The summed E-state index contributed by atoms with van der Waals surface area (Å²) in [4.78, 5) is 15.5. The summed E-state index contributed by atoms with van der Waals surface area (Å²) in [5.74, 6) is 1.94. The lowest BCUT2D eigenvalue weighted by Gasteiger charge is -2.12. The number of nitrogens with zero attached hydrogens (tertiary/aromatic N) is 4. The van der Waals surface area contributed by atoms with Crippen molar-refractivity contribution in [2.75, 3.05) is 0 Å². The van der Waals surface area contributed by atoms with Gasteiger partial charge in [0, 0.05) is 73.5 Å². The van der Waals surface area contributed by atoms with Crippen molar-refractivity contribution in [1.29, 1.82) is 0 Å². The third-order valence-corrected chi connectivity index (χ3v) is 15.0. The highest BCUT2D eigenvalue weighted by atomic mass is 32.1. The summed E-state index contributed by atoms with van der Waals surface area (Å²) in [6.45, 7) is 0.